The molecule has 3 heteroatoms. The molecule has 1 aliphatic rings. The second kappa shape index (κ2) is 5.41. The third kappa shape index (κ3) is 2.91. The van der Waals surface area contributed by atoms with Crippen molar-refractivity contribution in [3.63, 3.8) is 0 Å². The fourth-order valence-corrected chi connectivity index (χ4v) is 2.17. The monoisotopic (exact) mass is 235 g/mol. The van der Waals surface area contributed by atoms with Crippen LogP contribution in [0.3, 0.4) is 0 Å². The Hall–Kier alpha value is -1.22. The number of hydrogen-bond donors (Lipinski definition) is 1. The van der Waals surface area contributed by atoms with Gasteiger partial charge in [0.25, 0.3) is 0 Å². The fourth-order valence-electron chi connectivity index (χ4n) is 2.17. The average molecular weight is 235 g/mol. The second-order valence-electron chi connectivity index (χ2n) is 4.62. The molecule has 0 heterocycles. The summed E-state index contributed by atoms with van der Waals surface area (Å²) >= 11 is 0. The second-order valence-corrected chi connectivity index (χ2v) is 4.62. The van der Waals surface area contributed by atoms with Crippen LogP contribution in [0.1, 0.15) is 25.3 Å². The minimum atomic E-state index is 0.329. The van der Waals surface area contributed by atoms with Crippen molar-refractivity contribution in [3.05, 3.63) is 23.8 Å². The van der Waals surface area contributed by atoms with Crippen LogP contribution in [-0.2, 0) is 0 Å². The van der Waals surface area contributed by atoms with Gasteiger partial charge in [0.15, 0.2) is 11.5 Å². The molecule has 1 saturated carbocycles. The van der Waals surface area contributed by atoms with E-state index in [9.17, 15) is 0 Å². The molecule has 1 aromatic carbocycles. The van der Waals surface area contributed by atoms with Crippen molar-refractivity contribution in [2.75, 3.05) is 13.7 Å². The lowest BCUT2D eigenvalue weighted by atomic mass is 9.89. The highest BCUT2D eigenvalue weighted by atomic mass is 16.5. The normalized spacial score (nSPS) is 23.0. The van der Waals surface area contributed by atoms with Crippen LogP contribution in [0, 0.1) is 6.92 Å². The molecule has 94 valence electrons. The molecule has 0 amide bonds. The Bertz CT molecular complexity index is 372. The van der Waals surface area contributed by atoms with Gasteiger partial charge in [-0.15, -0.1) is 0 Å². The first-order chi connectivity index (χ1) is 8.22. The van der Waals surface area contributed by atoms with Crippen LogP contribution in [0.5, 0.6) is 11.5 Å². The lowest BCUT2D eigenvalue weighted by molar-refractivity contribution is 0.0829. The molecule has 1 aromatic rings. The summed E-state index contributed by atoms with van der Waals surface area (Å²) in [5.41, 5.74) is 1.19. The topological polar surface area (TPSA) is 30.5 Å². The van der Waals surface area contributed by atoms with E-state index in [0.29, 0.717) is 12.1 Å². The highest BCUT2D eigenvalue weighted by Gasteiger charge is 2.30. The Morgan fingerprint density at radius 2 is 2.06 bits per heavy atom. The molecule has 3 nitrogen and oxygen atoms in total. The van der Waals surface area contributed by atoms with Crippen molar-refractivity contribution in [1.29, 1.82) is 0 Å². The molecule has 0 unspecified atom stereocenters. The molecule has 17 heavy (non-hydrogen) atoms. The molecule has 0 radical (unpaired) electrons. The summed E-state index contributed by atoms with van der Waals surface area (Å²) in [5, 5.41) is 3.42. The van der Waals surface area contributed by atoms with E-state index in [-0.39, 0.29) is 0 Å². The minimum Gasteiger partial charge on any atom is -0.493 e. The molecule has 0 atom stereocenters. The molecule has 0 aromatic heterocycles. The summed E-state index contributed by atoms with van der Waals surface area (Å²) in [4.78, 5) is 0. The number of rotatable bonds is 5. The zero-order valence-electron chi connectivity index (χ0n) is 10.8. The summed E-state index contributed by atoms with van der Waals surface area (Å²) in [5.74, 6) is 1.69. The molecule has 2 rings (SSSR count). The molecule has 1 aliphatic carbocycles. The molecule has 0 bridgehead atoms. The molecule has 1 N–H and O–H groups in total. The van der Waals surface area contributed by atoms with Crippen LogP contribution in [0.25, 0.3) is 0 Å². The third-order valence-corrected chi connectivity index (χ3v) is 3.20. The van der Waals surface area contributed by atoms with Crippen LogP contribution < -0.4 is 14.8 Å². The zero-order valence-corrected chi connectivity index (χ0v) is 10.8. The number of ether oxygens (including phenoxy) is 2. The van der Waals surface area contributed by atoms with Gasteiger partial charge in [-0.25, -0.2) is 0 Å². The van der Waals surface area contributed by atoms with E-state index >= 15 is 0 Å². The zero-order chi connectivity index (χ0) is 12.3. The Balaban J connectivity index is 1.92. The molecular weight excluding hydrogens is 214 g/mol. The molecule has 0 aliphatic heterocycles. The quantitative estimate of drug-likeness (QED) is 0.850. The van der Waals surface area contributed by atoms with Gasteiger partial charge in [0, 0.05) is 6.04 Å². The largest absolute Gasteiger partial charge is 0.493 e. The highest BCUT2D eigenvalue weighted by molar-refractivity contribution is 5.42. The maximum absolute atomic E-state index is 5.94. The Kier molecular flexibility index (Phi) is 3.89. The van der Waals surface area contributed by atoms with Crippen molar-refractivity contribution in [1.82, 2.24) is 5.32 Å². The predicted octanol–water partition coefficient (Wildman–Crippen LogP) is 2.52. The van der Waals surface area contributed by atoms with Gasteiger partial charge in [0.05, 0.1) is 7.11 Å². The van der Waals surface area contributed by atoms with Crippen molar-refractivity contribution < 1.29 is 9.47 Å². The fraction of sp³-hybridized carbons (Fsp3) is 0.571. The number of methoxy groups -OCH3 is 1. The van der Waals surface area contributed by atoms with Crippen LogP contribution in [-0.4, -0.2) is 25.8 Å². The van der Waals surface area contributed by atoms with Crippen molar-refractivity contribution in [2.24, 2.45) is 0 Å². The smallest absolute Gasteiger partial charge is 0.161 e. The van der Waals surface area contributed by atoms with E-state index in [1.165, 1.54) is 5.56 Å². The van der Waals surface area contributed by atoms with Crippen molar-refractivity contribution in [2.45, 2.75) is 38.8 Å². The first-order valence-electron chi connectivity index (χ1n) is 6.27. The van der Waals surface area contributed by atoms with Gasteiger partial charge in [-0.3, -0.25) is 0 Å². The van der Waals surface area contributed by atoms with Crippen molar-refractivity contribution in [3.8, 4) is 11.5 Å². The molecule has 0 spiro atoms. The molecule has 0 saturated heterocycles. The summed E-state index contributed by atoms with van der Waals surface area (Å²) in [6.07, 6.45) is 2.51. The third-order valence-electron chi connectivity index (χ3n) is 3.20. The summed E-state index contributed by atoms with van der Waals surface area (Å²) in [6.45, 7) is 5.22. The van der Waals surface area contributed by atoms with Crippen LogP contribution in [0.2, 0.25) is 0 Å². The summed E-state index contributed by atoms with van der Waals surface area (Å²) in [6, 6.07) is 6.68. The van der Waals surface area contributed by atoms with Crippen LogP contribution >= 0.6 is 0 Å². The summed E-state index contributed by atoms with van der Waals surface area (Å²) in [7, 11) is 1.68. The van der Waals surface area contributed by atoms with Crippen LogP contribution in [0.15, 0.2) is 18.2 Å². The van der Waals surface area contributed by atoms with Gasteiger partial charge in [0.1, 0.15) is 6.10 Å². The lowest BCUT2D eigenvalue weighted by Crippen LogP contribution is -2.46. The van der Waals surface area contributed by atoms with Crippen molar-refractivity contribution >= 4 is 0 Å². The summed E-state index contributed by atoms with van der Waals surface area (Å²) < 4.78 is 11.3. The van der Waals surface area contributed by atoms with Gasteiger partial charge in [-0.05, 0) is 44.0 Å². The minimum absolute atomic E-state index is 0.329. The van der Waals surface area contributed by atoms with Gasteiger partial charge in [0.2, 0.25) is 0 Å². The SMILES string of the molecule is CCNC1CC(Oc2ccc(C)cc2OC)C1. The van der Waals surface area contributed by atoms with E-state index in [1.54, 1.807) is 7.11 Å². The van der Waals surface area contributed by atoms with Gasteiger partial charge in [-0.1, -0.05) is 13.0 Å². The van der Waals surface area contributed by atoms with E-state index in [0.717, 1.165) is 30.9 Å². The Labute approximate surface area is 103 Å². The van der Waals surface area contributed by atoms with Gasteiger partial charge in [-0.2, -0.15) is 0 Å². The lowest BCUT2D eigenvalue weighted by Gasteiger charge is -2.36. The number of nitrogens with one attached hydrogen (secondary N) is 1. The first kappa shape index (κ1) is 12.2. The Morgan fingerprint density at radius 1 is 1.29 bits per heavy atom. The number of hydrogen-bond acceptors (Lipinski definition) is 3. The Morgan fingerprint density at radius 3 is 2.71 bits per heavy atom. The van der Waals surface area contributed by atoms with Gasteiger partial charge >= 0.3 is 0 Å². The number of aryl methyl sites for hydroxylation is 1. The van der Waals surface area contributed by atoms with E-state index in [2.05, 4.69) is 25.2 Å². The highest BCUT2D eigenvalue weighted by Crippen LogP contribution is 2.32. The van der Waals surface area contributed by atoms with Gasteiger partial charge < -0.3 is 14.8 Å². The van der Waals surface area contributed by atoms with E-state index < -0.39 is 0 Å². The standard InChI is InChI=1S/C14H21NO2/c1-4-15-11-8-12(9-11)17-13-6-5-10(2)7-14(13)16-3/h5-7,11-12,15H,4,8-9H2,1-3H3. The molecule has 1 fully saturated rings. The maximum Gasteiger partial charge on any atom is 0.161 e. The predicted molar refractivity (Wildman–Crippen MR) is 68.8 cm³/mol. The number of benzene rings is 1. The maximum atomic E-state index is 5.94. The van der Waals surface area contributed by atoms with E-state index in [1.807, 2.05) is 12.1 Å². The average Bonchev–Trinajstić information content (AvgIpc) is 2.28. The van der Waals surface area contributed by atoms with Crippen LogP contribution in [0.4, 0.5) is 0 Å². The van der Waals surface area contributed by atoms with E-state index in [4.69, 9.17) is 9.47 Å². The molecular formula is C14H21NO2. The first-order valence-corrected chi connectivity index (χ1v) is 6.27.